The van der Waals surface area contributed by atoms with Crippen molar-refractivity contribution < 1.29 is 14.3 Å². The maximum atomic E-state index is 12.0. The highest BCUT2D eigenvalue weighted by Crippen LogP contribution is 2.31. The summed E-state index contributed by atoms with van der Waals surface area (Å²) in [4.78, 5) is 12.0. The number of nitrogens with one attached hydrogen (secondary N) is 1. The summed E-state index contributed by atoms with van der Waals surface area (Å²) in [5.41, 5.74) is 4.04. The number of fused-ring (bicyclic) bond motifs is 1. The van der Waals surface area contributed by atoms with Crippen LogP contribution in [0.1, 0.15) is 16.7 Å². The Morgan fingerprint density at radius 1 is 1.00 bits per heavy atom. The number of rotatable bonds is 3. The second kappa shape index (κ2) is 6.57. The Kier molecular flexibility index (Phi) is 4.33. The Hall–Kier alpha value is -2.75. The predicted molar refractivity (Wildman–Crippen MR) is 91.0 cm³/mol. The third-order valence-electron chi connectivity index (χ3n) is 3.77. The highest BCUT2D eigenvalue weighted by molar-refractivity contribution is 6.02. The van der Waals surface area contributed by atoms with Crippen LogP contribution in [0, 0.1) is 13.8 Å². The Labute approximate surface area is 135 Å². The number of carbonyl (C=O) groups is 1. The number of benzene rings is 2. The number of hydrogen-bond acceptors (Lipinski definition) is 3. The normalized spacial score (nSPS) is 13.1. The average molecular weight is 309 g/mol. The molecule has 0 bridgehead atoms. The van der Waals surface area contributed by atoms with Crippen LogP contribution < -0.4 is 14.8 Å². The topological polar surface area (TPSA) is 47.6 Å². The van der Waals surface area contributed by atoms with Gasteiger partial charge in [-0.2, -0.15) is 0 Å². The van der Waals surface area contributed by atoms with Gasteiger partial charge in [-0.25, -0.2) is 0 Å². The summed E-state index contributed by atoms with van der Waals surface area (Å²) >= 11 is 0. The van der Waals surface area contributed by atoms with E-state index in [0.717, 1.165) is 22.6 Å². The van der Waals surface area contributed by atoms with Crippen molar-refractivity contribution in [3.05, 3.63) is 59.2 Å². The van der Waals surface area contributed by atoms with E-state index in [4.69, 9.17) is 9.47 Å². The van der Waals surface area contributed by atoms with Crippen LogP contribution in [0.15, 0.2) is 42.5 Å². The van der Waals surface area contributed by atoms with Gasteiger partial charge in [-0.05, 0) is 60.9 Å². The molecular weight excluding hydrogens is 290 g/mol. The third-order valence-corrected chi connectivity index (χ3v) is 3.77. The molecule has 0 spiro atoms. The zero-order valence-corrected chi connectivity index (χ0v) is 13.3. The van der Waals surface area contributed by atoms with Crippen LogP contribution in [0.2, 0.25) is 0 Å². The molecule has 0 fully saturated rings. The molecule has 2 aromatic rings. The van der Waals surface area contributed by atoms with Crippen molar-refractivity contribution in [2.24, 2.45) is 0 Å². The molecule has 0 unspecified atom stereocenters. The molecule has 0 radical (unpaired) electrons. The van der Waals surface area contributed by atoms with Crippen molar-refractivity contribution in [2.45, 2.75) is 13.8 Å². The number of carbonyl (C=O) groups excluding carboxylic acids is 1. The Morgan fingerprint density at radius 2 is 1.78 bits per heavy atom. The minimum atomic E-state index is -0.164. The van der Waals surface area contributed by atoms with Crippen LogP contribution in [0.5, 0.6) is 11.5 Å². The molecule has 1 N–H and O–H groups in total. The first-order valence-corrected chi connectivity index (χ1v) is 7.58. The molecule has 23 heavy (non-hydrogen) atoms. The monoisotopic (exact) mass is 309 g/mol. The first-order chi connectivity index (χ1) is 11.1. The van der Waals surface area contributed by atoms with Gasteiger partial charge in [0.05, 0.1) is 0 Å². The lowest BCUT2D eigenvalue weighted by Gasteiger charge is -2.18. The number of ether oxygens (including phenoxy) is 2. The van der Waals surface area contributed by atoms with E-state index in [2.05, 4.69) is 5.32 Å². The fourth-order valence-electron chi connectivity index (χ4n) is 2.34. The van der Waals surface area contributed by atoms with E-state index in [1.54, 1.807) is 6.08 Å². The van der Waals surface area contributed by atoms with Gasteiger partial charge in [0.1, 0.15) is 13.2 Å². The molecule has 4 heteroatoms. The first kappa shape index (κ1) is 15.2. The van der Waals surface area contributed by atoms with Crippen LogP contribution >= 0.6 is 0 Å². The lowest BCUT2D eigenvalue weighted by Crippen LogP contribution is -2.15. The summed E-state index contributed by atoms with van der Waals surface area (Å²) in [5.74, 6) is 1.30. The smallest absolute Gasteiger partial charge is 0.248 e. The molecule has 1 amide bonds. The number of hydrogen-bond donors (Lipinski definition) is 1. The fraction of sp³-hybridized carbons (Fsp3) is 0.211. The van der Waals surface area contributed by atoms with Gasteiger partial charge < -0.3 is 14.8 Å². The van der Waals surface area contributed by atoms with Crippen molar-refractivity contribution in [2.75, 3.05) is 18.5 Å². The largest absolute Gasteiger partial charge is 0.486 e. The van der Waals surface area contributed by atoms with Crippen LogP contribution in [-0.2, 0) is 4.79 Å². The fourth-order valence-corrected chi connectivity index (χ4v) is 2.34. The molecule has 2 aromatic carbocycles. The van der Waals surface area contributed by atoms with Crippen molar-refractivity contribution in [3.8, 4) is 11.5 Å². The lowest BCUT2D eigenvalue weighted by atomic mass is 10.1. The molecule has 0 saturated carbocycles. The summed E-state index contributed by atoms with van der Waals surface area (Å²) in [6.07, 6.45) is 3.27. The third kappa shape index (κ3) is 3.72. The van der Waals surface area contributed by atoms with Gasteiger partial charge in [0, 0.05) is 11.8 Å². The van der Waals surface area contributed by atoms with Crippen molar-refractivity contribution in [1.82, 2.24) is 0 Å². The van der Waals surface area contributed by atoms with Gasteiger partial charge >= 0.3 is 0 Å². The van der Waals surface area contributed by atoms with Gasteiger partial charge in [-0.3, -0.25) is 4.79 Å². The molecule has 1 aliphatic rings. The Balaban J connectivity index is 1.67. The van der Waals surface area contributed by atoms with E-state index < -0.39 is 0 Å². The van der Waals surface area contributed by atoms with Gasteiger partial charge in [0.2, 0.25) is 5.91 Å². The average Bonchev–Trinajstić information content (AvgIpc) is 2.56. The van der Waals surface area contributed by atoms with E-state index in [9.17, 15) is 4.79 Å². The Morgan fingerprint density at radius 3 is 2.57 bits per heavy atom. The molecule has 4 nitrogen and oxygen atoms in total. The highest BCUT2D eigenvalue weighted by atomic mass is 16.6. The standard InChI is InChI=1S/C19H19NO3/c1-13-3-6-16(11-14(13)2)20-19(21)8-5-15-4-7-17-18(12-15)23-10-9-22-17/h3-8,11-12H,9-10H2,1-2H3,(H,20,21)/b8-5+. The van der Waals surface area contributed by atoms with Gasteiger partial charge in [-0.15, -0.1) is 0 Å². The molecule has 118 valence electrons. The van der Waals surface area contributed by atoms with Crippen molar-refractivity contribution >= 4 is 17.7 Å². The summed E-state index contributed by atoms with van der Waals surface area (Å²) in [5, 5.41) is 2.86. The van der Waals surface area contributed by atoms with E-state index in [1.807, 2.05) is 50.2 Å². The second-order valence-electron chi connectivity index (χ2n) is 5.52. The molecule has 3 rings (SSSR count). The van der Waals surface area contributed by atoms with Gasteiger partial charge in [-0.1, -0.05) is 12.1 Å². The maximum absolute atomic E-state index is 12.0. The molecule has 1 aliphatic heterocycles. The number of anilines is 1. The van der Waals surface area contributed by atoms with Crippen LogP contribution in [0.4, 0.5) is 5.69 Å². The molecule has 0 aromatic heterocycles. The van der Waals surface area contributed by atoms with Gasteiger partial charge in [0.15, 0.2) is 11.5 Å². The van der Waals surface area contributed by atoms with Crippen LogP contribution in [0.3, 0.4) is 0 Å². The van der Waals surface area contributed by atoms with Crippen LogP contribution in [-0.4, -0.2) is 19.1 Å². The number of amides is 1. The van der Waals surface area contributed by atoms with Crippen molar-refractivity contribution in [1.29, 1.82) is 0 Å². The van der Waals surface area contributed by atoms with E-state index >= 15 is 0 Å². The highest BCUT2D eigenvalue weighted by Gasteiger charge is 2.10. The van der Waals surface area contributed by atoms with E-state index in [-0.39, 0.29) is 5.91 Å². The first-order valence-electron chi connectivity index (χ1n) is 7.58. The van der Waals surface area contributed by atoms with E-state index in [0.29, 0.717) is 19.0 Å². The Bertz CT molecular complexity index is 765. The maximum Gasteiger partial charge on any atom is 0.248 e. The minimum Gasteiger partial charge on any atom is -0.486 e. The molecule has 0 atom stereocenters. The summed E-state index contributed by atoms with van der Waals surface area (Å²) < 4.78 is 11.0. The van der Waals surface area contributed by atoms with Gasteiger partial charge in [0.25, 0.3) is 0 Å². The minimum absolute atomic E-state index is 0.164. The van der Waals surface area contributed by atoms with Crippen molar-refractivity contribution in [3.63, 3.8) is 0 Å². The zero-order valence-electron chi connectivity index (χ0n) is 13.3. The van der Waals surface area contributed by atoms with Crippen LogP contribution in [0.25, 0.3) is 6.08 Å². The molecule has 0 aliphatic carbocycles. The summed E-state index contributed by atoms with van der Waals surface area (Å²) in [7, 11) is 0. The second-order valence-corrected chi connectivity index (χ2v) is 5.52. The number of aryl methyl sites for hydroxylation is 2. The quantitative estimate of drug-likeness (QED) is 0.879. The summed E-state index contributed by atoms with van der Waals surface area (Å²) in [6.45, 7) is 5.19. The SMILES string of the molecule is Cc1ccc(NC(=O)/C=C/c2ccc3c(c2)OCCO3)cc1C. The predicted octanol–water partition coefficient (Wildman–Crippen LogP) is 3.73. The molecular formula is C19H19NO3. The van der Waals surface area contributed by atoms with E-state index in [1.165, 1.54) is 11.6 Å². The molecule has 0 saturated heterocycles. The summed E-state index contributed by atoms with van der Waals surface area (Å²) in [6, 6.07) is 11.5. The lowest BCUT2D eigenvalue weighted by molar-refractivity contribution is -0.111. The molecule has 1 heterocycles. The zero-order chi connectivity index (χ0) is 16.2.